The second-order valence-electron chi connectivity index (χ2n) is 4.32. The molecule has 96 valence electrons. The fraction of sp³-hybridized carbons (Fsp3) is 0.700. The van der Waals surface area contributed by atoms with Gasteiger partial charge in [0, 0.05) is 12.8 Å². The average molecular weight is 257 g/mol. The van der Waals surface area contributed by atoms with Crippen LogP contribution in [0.15, 0.2) is 5.16 Å². The molecule has 0 aliphatic carbocycles. The van der Waals surface area contributed by atoms with Crippen molar-refractivity contribution < 1.29 is 4.79 Å². The number of nitrogens with zero attached hydrogens (tertiary/aromatic N) is 3. The fourth-order valence-corrected chi connectivity index (χ4v) is 2.14. The molecule has 4 N–H and O–H groups in total. The summed E-state index contributed by atoms with van der Waals surface area (Å²) in [4.78, 5) is 11.0. The van der Waals surface area contributed by atoms with Crippen molar-refractivity contribution in [2.24, 2.45) is 18.5 Å². The first-order chi connectivity index (χ1) is 7.84. The van der Waals surface area contributed by atoms with Gasteiger partial charge in [-0.3, -0.25) is 4.79 Å². The zero-order chi connectivity index (χ0) is 13.1. The zero-order valence-corrected chi connectivity index (χ0v) is 11.3. The van der Waals surface area contributed by atoms with E-state index in [4.69, 9.17) is 11.5 Å². The Labute approximate surface area is 105 Å². The molecule has 0 fully saturated rings. The van der Waals surface area contributed by atoms with E-state index in [-0.39, 0.29) is 0 Å². The molecule has 0 aliphatic heterocycles. The van der Waals surface area contributed by atoms with Crippen LogP contribution < -0.4 is 11.5 Å². The van der Waals surface area contributed by atoms with Gasteiger partial charge in [0.2, 0.25) is 5.91 Å². The van der Waals surface area contributed by atoms with Crippen LogP contribution in [0.5, 0.6) is 0 Å². The smallest absolute Gasteiger partial charge is 0.237 e. The molecule has 0 aliphatic rings. The van der Waals surface area contributed by atoms with Crippen molar-refractivity contribution in [1.29, 1.82) is 0 Å². The third-order valence-electron chi connectivity index (χ3n) is 2.69. The van der Waals surface area contributed by atoms with Crippen molar-refractivity contribution in [2.75, 3.05) is 5.75 Å². The second-order valence-corrected chi connectivity index (χ2v) is 5.38. The Kier molecular flexibility index (Phi) is 4.53. The van der Waals surface area contributed by atoms with Gasteiger partial charge in [0.1, 0.15) is 5.82 Å². The van der Waals surface area contributed by atoms with Crippen LogP contribution in [0.4, 0.5) is 0 Å². The predicted molar refractivity (Wildman–Crippen MR) is 67.5 cm³/mol. The zero-order valence-electron chi connectivity index (χ0n) is 10.4. The monoisotopic (exact) mass is 257 g/mol. The molecule has 1 atom stereocenters. The van der Waals surface area contributed by atoms with Gasteiger partial charge in [-0.2, -0.15) is 0 Å². The number of nitrogens with two attached hydrogens (primary N) is 2. The number of aryl methyl sites for hydroxylation is 1. The number of primary amides is 1. The third-order valence-corrected chi connectivity index (χ3v) is 3.79. The SMILES string of the molecule is Cc1nnc(SCCCC(C)(N)C(N)=O)n1C. The van der Waals surface area contributed by atoms with E-state index in [9.17, 15) is 4.79 Å². The van der Waals surface area contributed by atoms with Crippen LogP contribution in [0.1, 0.15) is 25.6 Å². The molecule has 1 unspecified atom stereocenters. The Morgan fingerprint density at radius 2 is 2.18 bits per heavy atom. The summed E-state index contributed by atoms with van der Waals surface area (Å²) >= 11 is 1.60. The number of rotatable bonds is 6. The van der Waals surface area contributed by atoms with Gasteiger partial charge >= 0.3 is 0 Å². The molecule has 0 bridgehead atoms. The minimum Gasteiger partial charge on any atom is -0.368 e. The van der Waals surface area contributed by atoms with Crippen molar-refractivity contribution >= 4 is 17.7 Å². The minimum absolute atomic E-state index is 0.461. The van der Waals surface area contributed by atoms with Gasteiger partial charge < -0.3 is 16.0 Å². The lowest BCUT2D eigenvalue weighted by Gasteiger charge is -2.19. The quantitative estimate of drug-likeness (QED) is 0.560. The van der Waals surface area contributed by atoms with Crippen molar-refractivity contribution in [2.45, 2.75) is 37.4 Å². The van der Waals surface area contributed by atoms with E-state index < -0.39 is 11.4 Å². The van der Waals surface area contributed by atoms with Gasteiger partial charge in [-0.05, 0) is 26.7 Å². The summed E-state index contributed by atoms with van der Waals surface area (Å²) < 4.78 is 1.93. The molecule has 1 amide bonds. The molecule has 6 nitrogen and oxygen atoms in total. The van der Waals surface area contributed by atoms with Crippen molar-refractivity contribution in [3.8, 4) is 0 Å². The first-order valence-electron chi connectivity index (χ1n) is 5.42. The van der Waals surface area contributed by atoms with E-state index in [1.807, 2.05) is 18.5 Å². The molecule has 1 heterocycles. The van der Waals surface area contributed by atoms with Crippen LogP contribution in [0.3, 0.4) is 0 Å². The van der Waals surface area contributed by atoms with E-state index in [1.165, 1.54) is 0 Å². The first-order valence-corrected chi connectivity index (χ1v) is 6.41. The van der Waals surface area contributed by atoms with Crippen LogP contribution in [0.25, 0.3) is 0 Å². The first kappa shape index (κ1) is 14.0. The number of hydrogen-bond donors (Lipinski definition) is 2. The molecule has 7 heteroatoms. The number of carbonyl (C=O) groups is 1. The summed E-state index contributed by atoms with van der Waals surface area (Å²) in [6.07, 6.45) is 1.39. The number of hydrogen-bond acceptors (Lipinski definition) is 5. The van der Waals surface area contributed by atoms with Crippen LogP contribution >= 0.6 is 11.8 Å². The van der Waals surface area contributed by atoms with Crippen LogP contribution in [0.2, 0.25) is 0 Å². The summed E-state index contributed by atoms with van der Waals surface area (Å²) in [5.41, 5.74) is 10.0. The topological polar surface area (TPSA) is 99.8 Å². The number of amides is 1. The summed E-state index contributed by atoms with van der Waals surface area (Å²) in [7, 11) is 1.92. The predicted octanol–water partition coefficient (Wildman–Crippen LogP) is 0.199. The normalized spacial score (nSPS) is 14.6. The highest BCUT2D eigenvalue weighted by atomic mass is 32.2. The van der Waals surface area contributed by atoms with Crippen molar-refractivity contribution in [1.82, 2.24) is 14.8 Å². The van der Waals surface area contributed by atoms with Gasteiger partial charge in [-0.15, -0.1) is 10.2 Å². The lowest BCUT2D eigenvalue weighted by molar-refractivity contribution is -0.122. The highest BCUT2D eigenvalue weighted by Gasteiger charge is 2.24. The largest absolute Gasteiger partial charge is 0.368 e. The third kappa shape index (κ3) is 3.71. The maximum atomic E-state index is 11.0. The molecule has 17 heavy (non-hydrogen) atoms. The Bertz CT molecular complexity index is 401. The average Bonchev–Trinajstić information content (AvgIpc) is 2.55. The molecule has 0 saturated carbocycles. The Morgan fingerprint density at radius 1 is 1.53 bits per heavy atom. The molecule has 1 aromatic heterocycles. The standard InChI is InChI=1S/C10H19N5OS/c1-7-13-14-9(15(7)3)17-6-4-5-10(2,12)8(11)16/h4-6,12H2,1-3H3,(H2,11,16). The van der Waals surface area contributed by atoms with Crippen LogP contribution in [-0.4, -0.2) is 32.0 Å². The Morgan fingerprint density at radius 3 is 2.65 bits per heavy atom. The molecule has 0 radical (unpaired) electrons. The number of thioether (sulfide) groups is 1. The molecule has 1 aromatic rings. The molecular formula is C10H19N5OS. The van der Waals surface area contributed by atoms with E-state index in [2.05, 4.69) is 10.2 Å². The van der Waals surface area contributed by atoms with Gasteiger partial charge in [0.25, 0.3) is 0 Å². The summed E-state index contributed by atoms with van der Waals surface area (Å²) in [6.45, 7) is 3.56. The summed E-state index contributed by atoms with van der Waals surface area (Å²) in [5, 5.41) is 8.88. The minimum atomic E-state index is -0.920. The molecule has 0 aromatic carbocycles. The Hall–Kier alpha value is -1.08. The Balaban J connectivity index is 2.34. The maximum Gasteiger partial charge on any atom is 0.237 e. The molecule has 0 spiro atoms. The van der Waals surface area contributed by atoms with Gasteiger partial charge in [-0.25, -0.2) is 0 Å². The lowest BCUT2D eigenvalue weighted by atomic mass is 9.97. The highest BCUT2D eigenvalue weighted by molar-refractivity contribution is 7.99. The van der Waals surface area contributed by atoms with E-state index >= 15 is 0 Å². The molecule has 1 rings (SSSR count). The fourth-order valence-electron chi connectivity index (χ4n) is 1.24. The van der Waals surface area contributed by atoms with Gasteiger partial charge in [-0.1, -0.05) is 11.8 Å². The van der Waals surface area contributed by atoms with Crippen LogP contribution in [-0.2, 0) is 11.8 Å². The number of aromatic nitrogens is 3. The maximum absolute atomic E-state index is 11.0. The summed E-state index contributed by atoms with van der Waals surface area (Å²) in [5.74, 6) is 1.26. The molecular weight excluding hydrogens is 238 g/mol. The van der Waals surface area contributed by atoms with Gasteiger partial charge in [0.05, 0.1) is 5.54 Å². The van der Waals surface area contributed by atoms with E-state index in [0.717, 1.165) is 23.2 Å². The molecule has 0 saturated heterocycles. The van der Waals surface area contributed by atoms with E-state index in [0.29, 0.717) is 6.42 Å². The lowest BCUT2D eigenvalue weighted by Crippen LogP contribution is -2.49. The summed E-state index contributed by atoms with van der Waals surface area (Å²) in [6, 6.07) is 0. The highest BCUT2D eigenvalue weighted by Crippen LogP contribution is 2.18. The van der Waals surface area contributed by atoms with Crippen molar-refractivity contribution in [3.63, 3.8) is 0 Å². The van der Waals surface area contributed by atoms with Crippen LogP contribution in [0, 0.1) is 6.92 Å². The van der Waals surface area contributed by atoms with Gasteiger partial charge in [0.15, 0.2) is 5.16 Å². The van der Waals surface area contributed by atoms with Crippen molar-refractivity contribution in [3.05, 3.63) is 5.82 Å². The second kappa shape index (κ2) is 5.50. The number of carbonyl (C=O) groups excluding carboxylic acids is 1. The van der Waals surface area contributed by atoms with E-state index in [1.54, 1.807) is 18.7 Å².